The predicted octanol–water partition coefficient (Wildman–Crippen LogP) is 2.23. The number of pyridine rings is 1. The Labute approximate surface area is 177 Å². The molecule has 1 aromatic heterocycles. The van der Waals surface area contributed by atoms with E-state index in [9.17, 15) is 17.6 Å². The highest BCUT2D eigenvalue weighted by Gasteiger charge is 2.36. The quantitative estimate of drug-likeness (QED) is 0.777. The molecule has 2 heterocycles. The molecular weight excluding hydrogens is 407 g/mol. The van der Waals surface area contributed by atoms with Gasteiger partial charge in [-0.05, 0) is 32.4 Å². The van der Waals surface area contributed by atoms with Gasteiger partial charge in [0.25, 0.3) is 0 Å². The fraction of sp³-hybridized carbons (Fsp3) is 0.524. The smallest absolute Gasteiger partial charge is 0.244 e. The van der Waals surface area contributed by atoms with Crippen LogP contribution in [-0.4, -0.2) is 67.3 Å². The number of hydrogen-bond acceptors (Lipinski definition) is 5. The molecule has 9 heteroatoms. The van der Waals surface area contributed by atoms with E-state index >= 15 is 0 Å². The first-order valence-electron chi connectivity index (χ1n) is 10.2. The number of sulfonamides is 1. The summed E-state index contributed by atoms with van der Waals surface area (Å²) in [5, 5.41) is 3.54. The van der Waals surface area contributed by atoms with Crippen molar-refractivity contribution >= 4 is 26.7 Å². The summed E-state index contributed by atoms with van der Waals surface area (Å²) in [6.45, 7) is 6.77. The maximum absolute atomic E-state index is 14.5. The zero-order chi connectivity index (χ0) is 22.1. The van der Waals surface area contributed by atoms with Crippen molar-refractivity contribution in [3.05, 3.63) is 36.4 Å². The lowest BCUT2D eigenvalue weighted by molar-refractivity contribution is -0.134. The molecule has 30 heavy (non-hydrogen) atoms. The second kappa shape index (κ2) is 8.95. The molecule has 1 fully saturated rings. The lowest BCUT2D eigenvalue weighted by atomic mass is 10.0. The number of amides is 1. The summed E-state index contributed by atoms with van der Waals surface area (Å²) in [7, 11) is -2.21. The van der Waals surface area contributed by atoms with E-state index in [1.165, 1.54) is 16.6 Å². The number of aromatic nitrogens is 1. The summed E-state index contributed by atoms with van der Waals surface area (Å²) < 4.78 is 42.9. The normalized spacial score (nSPS) is 19.8. The monoisotopic (exact) mass is 436 g/mol. The SMILES string of the molecule is CN[C@@H](C(=O)N1CCCN(S(=O)(=O)c2cccc3cncc(F)c23)[C@@H](C)C1)C(C)C. The highest BCUT2D eigenvalue weighted by molar-refractivity contribution is 7.89. The number of rotatable bonds is 5. The van der Waals surface area contributed by atoms with Crippen molar-refractivity contribution in [3.63, 3.8) is 0 Å². The number of fused-ring (bicyclic) bond motifs is 1. The van der Waals surface area contributed by atoms with Crippen LogP contribution >= 0.6 is 0 Å². The van der Waals surface area contributed by atoms with Gasteiger partial charge in [0, 0.05) is 42.6 Å². The topological polar surface area (TPSA) is 82.6 Å². The number of nitrogens with zero attached hydrogens (tertiary/aromatic N) is 3. The van der Waals surface area contributed by atoms with Crippen LogP contribution in [0.5, 0.6) is 0 Å². The van der Waals surface area contributed by atoms with E-state index in [2.05, 4.69) is 10.3 Å². The Kier molecular flexibility index (Phi) is 6.74. The van der Waals surface area contributed by atoms with Crippen LogP contribution < -0.4 is 5.32 Å². The first-order valence-corrected chi connectivity index (χ1v) is 11.6. The minimum Gasteiger partial charge on any atom is -0.340 e. The van der Waals surface area contributed by atoms with Crippen molar-refractivity contribution in [2.24, 2.45) is 5.92 Å². The Morgan fingerprint density at radius 3 is 2.67 bits per heavy atom. The molecule has 1 amide bonds. The van der Waals surface area contributed by atoms with Crippen LogP contribution in [0.4, 0.5) is 4.39 Å². The van der Waals surface area contributed by atoms with Crippen molar-refractivity contribution in [2.45, 2.75) is 44.2 Å². The number of halogens is 1. The van der Waals surface area contributed by atoms with Gasteiger partial charge in [0.2, 0.25) is 15.9 Å². The van der Waals surface area contributed by atoms with Gasteiger partial charge in [-0.15, -0.1) is 0 Å². The molecule has 0 radical (unpaired) electrons. The Bertz CT molecular complexity index is 1020. The van der Waals surface area contributed by atoms with Crippen molar-refractivity contribution < 1.29 is 17.6 Å². The van der Waals surface area contributed by atoms with Gasteiger partial charge in [0.1, 0.15) is 0 Å². The maximum Gasteiger partial charge on any atom is 0.244 e. The third kappa shape index (κ3) is 4.19. The number of nitrogens with one attached hydrogen (secondary N) is 1. The highest BCUT2D eigenvalue weighted by Crippen LogP contribution is 2.29. The molecule has 1 aliphatic heterocycles. The van der Waals surface area contributed by atoms with Gasteiger partial charge in [-0.25, -0.2) is 12.8 Å². The van der Waals surface area contributed by atoms with E-state index in [0.717, 1.165) is 6.20 Å². The van der Waals surface area contributed by atoms with Crippen molar-refractivity contribution in [1.82, 2.24) is 19.5 Å². The second-order valence-corrected chi connectivity index (χ2v) is 9.95. The molecule has 0 bridgehead atoms. The first kappa shape index (κ1) is 22.6. The minimum atomic E-state index is -3.96. The van der Waals surface area contributed by atoms with Gasteiger partial charge < -0.3 is 10.2 Å². The molecule has 0 unspecified atom stereocenters. The van der Waals surface area contributed by atoms with Crippen molar-refractivity contribution in [1.29, 1.82) is 0 Å². The number of likely N-dealkylation sites (N-methyl/N-ethyl adjacent to an activating group) is 1. The molecule has 7 nitrogen and oxygen atoms in total. The molecule has 3 rings (SSSR count). The Balaban J connectivity index is 1.93. The summed E-state index contributed by atoms with van der Waals surface area (Å²) >= 11 is 0. The molecule has 0 aliphatic carbocycles. The fourth-order valence-corrected chi connectivity index (χ4v) is 6.02. The molecule has 2 aromatic rings. The van der Waals surface area contributed by atoms with Crippen LogP contribution in [0.3, 0.4) is 0 Å². The molecule has 1 aromatic carbocycles. The summed E-state index contributed by atoms with van der Waals surface area (Å²) in [6.07, 6.45) is 2.99. The van der Waals surface area contributed by atoms with E-state index < -0.39 is 21.9 Å². The summed E-state index contributed by atoms with van der Waals surface area (Å²) in [4.78, 5) is 18.4. The third-order valence-electron chi connectivity index (χ3n) is 5.62. The zero-order valence-corrected chi connectivity index (χ0v) is 18.6. The second-order valence-electron chi connectivity index (χ2n) is 8.09. The zero-order valence-electron chi connectivity index (χ0n) is 17.8. The van der Waals surface area contributed by atoms with Gasteiger partial charge in [-0.3, -0.25) is 9.78 Å². The predicted molar refractivity (Wildman–Crippen MR) is 114 cm³/mol. The molecule has 2 atom stereocenters. The highest BCUT2D eigenvalue weighted by atomic mass is 32.2. The van der Waals surface area contributed by atoms with Crippen LogP contribution in [0.1, 0.15) is 27.2 Å². The third-order valence-corrected chi connectivity index (χ3v) is 7.68. The Hall–Kier alpha value is -2.10. The first-order chi connectivity index (χ1) is 14.2. The lowest BCUT2D eigenvalue weighted by Gasteiger charge is -2.31. The van der Waals surface area contributed by atoms with E-state index in [0.29, 0.717) is 18.4 Å². The average Bonchev–Trinajstić information content (AvgIpc) is 2.90. The summed E-state index contributed by atoms with van der Waals surface area (Å²) in [6, 6.07) is 3.90. The van der Waals surface area contributed by atoms with Crippen LogP contribution in [0.25, 0.3) is 10.8 Å². The largest absolute Gasteiger partial charge is 0.340 e. The molecule has 0 saturated carbocycles. The van der Waals surface area contributed by atoms with Crippen molar-refractivity contribution in [3.8, 4) is 0 Å². The minimum absolute atomic E-state index is 0.0270. The average molecular weight is 437 g/mol. The standard InChI is InChI=1S/C21H29FN4O3S/c1-14(2)20(23-4)21(27)25-9-6-10-26(15(3)13-25)30(28,29)18-8-5-7-16-11-24-12-17(22)19(16)18/h5,7-8,11-12,14-15,20,23H,6,9-10,13H2,1-4H3/t15-,20+/m0/s1. The molecule has 1 saturated heterocycles. The Morgan fingerprint density at radius 2 is 2.00 bits per heavy atom. The van der Waals surface area contributed by atoms with Crippen LogP contribution in [0, 0.1) is 11.7 Å². The van der Waals surface area contributed by atoms with E-state index in [-0.39, 0.29) is 41.2 Å². The number of carbonyl (C=O) groups is 1. The number of hydrogen-bond donors (Lipinski definition) is 1. The molecule has 1 aliphatic rings. The molecule has 164 valence electrons. The van der Waals surface area contributed by atoms with Crippen LogP contribution in [0.2, 0.25) is 0 Å². The number of benzene rings is 1. The molecule has 1 N–H and O–H groups in total. The maximum atomic E-state index is 14.5. The van der Waals surface area contributed by atoms with E-state index in [1.807, 2.05) is 13.8 Å². The lowest BCUT2D eigenvalue weighted by Crippen LogP contribution is -2.51. The molecular formula is C21H29FN4O3S. The fourth-order valence-electron chi connectivity index (χ4n) is 4.14. The van der Waals surface area contributed by atoms with Crippen LogP contribution in [-0.2, 0) is 14.8 Å². The summed E-state index contributed by atoms with van der Waals surface area (Å²) in [5.74, 6) is -0.575. The van der Waals surface area contributed by atoms with Gasteiger partial charge >= 0.3 is 0 Å². The Morgan fingerprint density at radius 1 is 1.27 bits per heavy atom. The number of carbonyl (C=O) groups excluding carboxylic acids is 1. The van der Waals surface area contributed by atoms with Gasteiger partial charge in [-0.1, -0.05) is 26.0 Å². The summed E-state index contributed by atoms with van der Waals surface area (Å²) in [5.41, 5.74) is 0. The van der Waals surface area contributed by atoms with Gasteiger partial charge in [0.05, 0.1) is 17.1 Å². The van der Waals surface area contributed by atoms with Crippen molar-refractivity contribution in [2.75, 3.05) is 26.7 Å². The van der Waals surface area contributed by atoms with E-state index in [4.69, 9.17) is 0 Å². The van der Waals surface area contributed by atoms with E-state index in [1.54, 1.807) is 31.0 Å². The van der Waals surface area contributed by atoms with Crippen LogP contribution in [0.15, 0.2) is 35.5 Å². The molecule has 0 spiro atoms. The van der Waals surface area contributed by atoms with Gasteiger partial charge in [-0.2, -0.15) is 4.31 Å². The van der Waals surface area contributed by atoms with Gasteiger partial charge in [0.15, 0.2) is 5.82 Å².